The zero-order valence-electron chi connectivity index (χ0n) is 8.25. The molecule has 1 N–H and O–H groups in total. The fourth-order valence-electron chi connectivity index (χ4n) is 2.08. The predicted molar refractivity (Wildman–Crippen MR) is 52.7 cm³/mol. The summed E-state index contributed by atoms with van der Waals surface area (Å²) in [6, 6.07) is 4.39. The quantitative estimate of drug-likeness (QED) is 0.699. The first-order valence-electron chi connectivity index (χ1n) is 5.10. The number of rotatable bonds is 0. The molecule has 0 bridgehead atoms. The van der Waals surface area contributed by atoms with E-state index in [1.807, 2.05) is 0 Å². The molecule has 2 heterocycles. The molecule has 1 saturated heterocycles. The van der Waals surface area contributed by atoms with Gasteiger partial charge in [-0.3, -0.25) is 0 Å². The van der Waals surface area contributed by atoms with Crippen molar-refractivity contribution in [1.82, 2.24) is 5.32 Å². The molecule has 2 aliphatic heterocycles. The van der Waals surface area contributed by atoms with Crippen LogP contribution in [0.25, 0.3) is 0 Å². The van der Waals surface area contributed by atoms with Crippen LogP contribution in [0.1, 0.15) is 6.42 Å². The summed E-state index contributed by atoms with van der Waals surface area (Å²) in [5.41, 5.74) is -0.245. The summed E-state index contributed by atoms with van der Waals surface area (Å²) in [5, 5.41) is 3.25. The summed E-state index contributed by atoms with van der Waals surface area (Å²) in [7, 11) is 0. The standard InChI is InChI=1S/C11H12FNO2/c12-8-1-2-9-10(5-8)14-7-11(15-9)3-4-13-6-11/h1-2,5,13H,3-4,6-7H2. The molecular formula is C11H12FNO2. The molecule has 80 valence electrons. The molecule has 1 aromatic carbocycles. The first-order chi connectivity index (χ1) is 7.27. The lowest BCUT2D eigenvalue weighted by Crippen LogP contribution is -2.46. The Bertz CT molecular complexity index is 388. The molecule has 1 spiro atoms. The molecule has 4 heteroatoms. The van der Waals surface area contributed by atoms with Gasteiger partial charge in [0.2, 0.25) is 0 Å². The molecule has 15 heavy (non-hydrogen) atoms. The van der Waals surface area contributed by atoms with Crippen molar-refractivity contribution in [2.75, 3.05) is 19.7 Å². The molecule has 0 amide bonds. The second kappa shape index (κ2) is 3.10. The van der Waals surface area contributed by atoms with Crippen LogP contribution in [-0.2, 0) is 0 Å². The first-order valence-corrected chi connectivity index (χ1v) is 5.10. The second-order valence-corrected chi connectivity index (χ2v) is 4.09. The van der Waals surface area contributed by atoms with Gasteiger partial charge >= 0.3 is 0 Å². The third-order valence-corrected chi connectivity index (χ3v) is 2.93. The van der Waals surface area contributed by atoms with Crippen molar-refractivity contribution in [3.8, 4) is 11.5 Å². The average molecular weight is 209 g/mol. The zero-order chi connectivity index (χ0) is 10.3. The molecular weight excluding hydrogens is 197 g/mol. The Morgan fingerprint density at radius 2 is 2.27 bits per heavy atom. The predicted octanol–water partition coefficient (Wildman–Crippen LogP) is 1.33. The van der Waals surface area contributed by atoms with E-state index in [2.05, 4.69) is 5.32 Å². The third-order valence-electron chi connectivity index (χ3n) is 2.93. The highest BCUT2D eigenvalue weighted by molar-refractivity contribution is 5.42. The highest BCUT2D eigenvalue weighted by Crippen LogP contribution is 2.37. The van der Waals surface area contributed by atoms with Crippen LogP contribution in [0.5, 0.6) is 11.5 Å². The highest BCUT2D eigenvalue weighted by Gasteiger charge is 2.40. The molecule has 0 saturated carbocycles. The van der Waals surface area contributed by atoms with Gasteiger partial charge in [0.15, 0.2) is 17.1 Å². The lowest BCUT2D eigenvalue weighted by molar-refractivity contribution is 0.00718. The van der Waals surface area contributed by atoms with E-state index < -0.39 is 0 Å². The smallest absolute Gasteiger partial charge is 0.164 e. The molecule has 0 radical (unpaired) electrons. The van der Waals surface area contributed by atoms with Gasteiger partial charge in [0.05, 0.1) is 0 Å². The van der Waals surface area contributed by atoms with Crippen LogP contribution >= 0.6 is 0 Å². The van der Waals surface area contributed by atoms with Gasteiger partial charge in [0.1, 0.15) is 12.4 Å². The van der Waals surface area contributed by atoms with E-state index in [1.165, 1.54) is 12.1 Å². The van der Waals surface area contributed by atoms with E-state index in [4.69, 9.17) is 9.47 Å². The number of benzene rings is 1. The van der Waals surface area contributed by atoms with Gasteiger partial charge < -0.3 is 14.8 Å². The number of nitrogens with one attached hydrogen (secondary N) is 1. The summed E-state index contributed by atoms with van der Waals surface area (Å²) >= 11 is 0. The van der Waals surface area contributed by atoms with Crippen LogP contribution in [0.15, 0.2) is 18.2 Å². The zero-order valence-corrected chi connectivity index (χ0v) is 8.25. The molecule has 3 nitrogen and oxygen atoms in total. The molecule has 1 fully saturated rings. The Morgan fingerprint density at radius 3 is 3.07 bits per heavy atom. The topological polar surface area (TPSA) is 30.5 Å². The Balaban J connectivity index is 1.93. The first kappa shape index (κ1) is 8.97. The summed E-state index contributed by atoms with van der Waals surface area (Å²) < 4.78 is 24.3. The Morgan fingerprint density at radius 1 is 1.33 bits per heavy atom. The maximum Gasteiger partial charge on any atom is 0.164 e. The fourth-order valence-corrected chi connectivity index (χ4v) is 2.08. The van der Waals surface area contributed by atoms with Crippen molar-refractivity contribution in [3.63, 3.8) is 0 Å². The van der Waals surface area contributed by atoms with Crippen LogP contribution in [0.3, 0.4) is 0 Å². The van der Waals surface area contributed by atoms with E-state index in [0.29, 0.717) is 18.1 Å². The van der Waals surface area contributed by atoms with Crippen LogP contribution in [0.2, 0.25) is 0 Å². The number of halogens is 1. The minimum absolute atomic E-state index is 0.245. The number of hydrogen-bond donors (Lipinski definition) is 1. The lowest BCUT2D eigenvalue weighted by Gasteiger charge is -2.34. The highest BCUT2D eigenvalue weighted by atomic mass is 19.1. The number of hydrogen-bond acceptors (Lipinski definition) is 3. The van der Waals surface area contributed by atoms with Gasteiger partial charge in [-0.1, -0.05) is 0 Å². The van der Waals surface area contributed by atoms with Crippen molar-refractivity contribution in [1.29, 1.82) is 0 Å². The Labute approximate surface area is 87.2 Å². The van der Waals surface area contributed by atoms with Crippen LogP contribution in [0.4, 0.5) is 4.39 Å². The normalized spacial score (nSPS) is 28.3. The van der Waals surface area contributed by atoms with Crippen molar-refractivity contribution < 1.29 is 13.9 Å². The third kappa shape index (κ3) is 1.45. The van der Waals surface area contributed by atoms with E-state index in [-0.39, 0.29) is 11.4 Å². The minimum Gasteiger partial charge on any atom is -0.485 e. The van der Waals surface area contributed by atoms with Crippen LogP contribution in [0, 0.1) is 5.82 Å². The van der Waals surface area contributed by atoms with E-state index in [9.17, 15) is 4.39 Å². The van der Waals surface area contributed by atoms with Gasteiger partial charge in [-0.2, -0.15) is 0 Å². The molecule has 0 aliphatic carbocycles. The maximum atomic E-state index is 12.9. The van der Waals surface area contributed by atoms with Gasteiger partial charge in [-0.25, -0.2) is 4.39 Å². The summed E-state index contributed by atoms with van der Waals surface area (Å²) in [6.45, 7) is 2.24. The summed E-state index contributed by atoms with van der Waals surface area (Å²) in [5.74, 6) is 0.858. The van der Waals surface area contributed by atoms with Crippen molar-refractivity contribution in [2.45, 2.75) is 12.0 Å². The van der Waals surface area contributed by atoms with Crippen molar-refractivity contribution in [3.05, 3.63) is 24.0 Å². The fraction of sp³-hybridized carbons (Fsp3) is 0.455. The minimum atomic E-state index is -0.294. The molecule has 1 unspecified atom stereocenters. The van der Waals surface area contributed by atoms with E-state index in [1.54, 1.807) is 6.07 Å². The second-order valence-electron chi connectivity index (χ2n) is 4.09. The van der Waals surface area contributed by atoms with Crippen LogP contribution in [-0.4, -0.2) is 25.3 Å². The Kier molecular flexibility index (Phi) is 1.85. The molecule has 0 aromatic heterocycles. The molecule has 3 rings (SSSR count). The van der Waals surface area contributed by atoms with E-state index in [0.717, 1.165) is 19.5 Å². The van der Waals surface area contributed by atoms with E-state index >= 15 is 0 Å². The van der Waals surface area contributed by atoms with Gasteiger partial charge in [0.25, 0.3) is 0 Å². The maximum absolute atomic E-state index is 12.9. The largest absolute Gasteiger partial charge is 0.485 e. The van der Waals surface area contributed by atoms with Crippen molar-refractivity contribution in [2.24, 2.45) is 0 Å². The monoisotopic (exact) mass is 209 g/mol. The molecule has 2 aliphatic rings. The van der Waals surface area contributed by atoms with Gasteiger partial charge in [-0.15, -0.1) is 0 Å². The van der Waals surface area contributed by atoms with Crippen molar-refractivity contribution >= 4 is 0 Å². The van der Waals surface area contributed by atoms with Gasteiger partial charge in [-0.05, 0) is 18.7 Å². The van der Waals surface area contributed by atoms with Crippen LogP contribution < -0.4 is 14.8 Å². The number of ether oxygens (including phenoxy) is 2. The number of fused-ring (bicyclic) bond motifs is 1. The Hall–Kier alpha value is -1.29. The summed E-state index contributed by atoms with van der Waals surface area (Å²) in [6.07, 6.45) is 0.934. The lowest BCUT2D eigenvalue weighted by atomic mass is 10.0. The molecule has 1 atom stereocenters. The summed E-state index contributed by atoms with van der Waals surface area (Å²) in [4.78, 5) is 0. The molecule has 1 aromatic rings. The average Bonchev–Trinajstić information content (AvgIpc) is 2.67. The van der Waals surface area contributed by atoms with Gasteiger partial charge in [0, 0.05) is 19.0 Å². The SMILES string of the molecule is Fc1ccc2c(c1)OCC1(CCNC1)O2.